The van der Waals surface area contributed by atoms with Crippen molar-refractivity contribution in [2.75, 3.05) is 37.3 Å². The van der Waals surface area contributed by atoms with Crippen LogP contribution in [0.15, 0.2) is 29.2 Å². The van der Waals surface area contributed by atoms with Crippen LogP contribution in [0.25, 0.3) is 0 Å². The monoisotopic (exact) mass is 347 g/mol. The second-order valence-corrected chi connectivity index (χ2v) is 7.44. The van der Waals surface area contributed by atoms with Crippen molar-refractivity contribution < 1.29 is 9.59 Å². The quantitative estimate of drug-likeness (QED) is 0.799. The molecule has 1 aromatic rings. The molecule has 0 radical (unpaired) electrons. The normalized spacial score (nSPS) is 24.2. The minimum Gasteiger partial charge on any atom is -0.355 e. The van der Waals surface area contributed by atoms with Gasteiger partial charge in [0, 0.05) is 30.1 Å². The Hall–Kier alpha value is -1.53. The number of anilines is 1. The van der Waals surface area contributed by atoms with Crippen LogP contribution in [0.2, 0.25) is 0 Å². The van der Waals surface area contributed by atoms with E-state index in [1.165, 1.54) is 11.3 Å². The van der Waals surface area contributed by atoms with E-state index in [0.717, 1.165) is 25.2 Å². The minimum atomic E-state index is -0.241. The lowest BCUT2D eigenvalue weighted by Gasteiger charge is -2.23. The molecule has 2 amide bonds. The van der Waals surface area contributed by atoms with Gasteiger partial charge < -0.3 is 15.5 Å². The molecule has 24 heavy (non-hydrogen) atoms. The number of benzene rings is 1. The average Bonchev–Trinajstić information content (AvgIpc) is 3.02. The summed E-state index contributed by atoms with van der Waals surface area (Å²) in [4.78, 5) is 27.6. The number of rotatable bonds is 5. The molecule has 2 unspecified atom stereocenters. The molecule has 0 spiro atoms. The third-order valence-corrected chi connectivity index (χ3v) is 5.59. The summed E-state index contributed by atoms with van der Waals surface area (Å²) in [7, 11) is 0. The van der Waals surface area contributed by atoms with Gasteiger partial charge in [-0.25, -0.2) is 0 Å². The number of carbonyl (C=O) groups is 2. The summed E-state index contributed by atoms with van der Waals surface area (Å²) in [5.74, 6) is 0.313. The Morgan fingerprint density at radius 3 is 2.83 bits per heavy atom. The van der Waals surface area contributed by atoms with Gasteiger partial charge in [-0.2, -0.15) is 0 Å². The van der Waals surface area contributed by atoms with Gasteiger partial charge in [-0.15, -0.1) is 11.8 Å². The smallest absolute Gasteiger partial charge is 0.227 e. The summed E-state index contributed by atoms with van der Waals surface area (Å²) >= 11 is 1.67. The molecule has 0 aromatic heterocycles. The van der Waals surface area contributed by atoms with Gasteiger partial charge in [-0.05, 0) is 62.4 Å². The predicted octanol–water partition coefficient (Wildman–Crippen LogP) is 1.88. The summed E-state index contributed by atoms with van der Waals surface area (Å²) in [6.45, 7) is 3.23. The first kappa shape index (κ1) is 17.3. The van der Waals surface area contributed by atoms with Crippen LogP contribution < -0.4 is 15.5 Å². The maximum absolute atomic E-state index is 12.4. The SMILES string of the molecule is CSc1ccc(N2CC(C(=O)NCC3CCCNC3)CC2=O)cc1. The van der Waals surface area contributed by atoms with Gasteiger partial charge in [0.15, 0.2) is 0 Å². The van der Waals surface area contributed by atoms with Crippen LogP contribution in [0, 0.1) is 11.8 Å². The Kier molecular flexibility index (Phi) is 5.79. The molecule has 0 saturated carbocycles. The molecule has 2 aliphatic heterocycles. The molecule has 2 fully saturated rings. The average molecular weight is 347 g/mol. The largest absolute Gasteiger partial charge is 0.355 e. The van der Waals surface area contributed by atoms with E-state index in [1.54, 1.807) is 16.7 Å². The third-order valence-electron chi connectivity index (χ3n) is 4.84. The number of nitrogens with one attached hydrogen (secondary N) is 2. The van der Waals surface area contributed by atoms with Crippen LogP contribution in [0.3, 0.4) is 0 Å². The van der Waals surface area contributed by atoms with E-state index in [-0.39, 0.29) is 17.7 Å². The maximum Gasteiger partial charge on any atom is 0.227 e. The highest BCUT2D eigenvalue weighted by Gasteiger charge is 2.35. The number of piperidine rings is 1. The molecular formula is C18H25N3O2S. The lowest BCUT2D eigenvalue weighted by Crippen LogP contribution is -2.40. The van der Waals surface area contributed by atoms with Gasteiger partial charge in [-0.3, -0.25) is 9.59 Å². The Morgan fingerprint density at radius 1 is 1.38 bits per heavy atom. The van der Waals surface area contributed by atoms with Gasteiger partial charge in [0.25, 0.3) is 0 Å². The fourth-order valence-electron chi connectivity index (χ4n) is 3.38. The number of amides is 2. The van der Waals surface area contributed by atoms with Gasteiger partial charge in [0.05, 0.1) is 5.92 Å². The lowest BCUT2D eigenvalue weighted by molar-refractivity contribution is -0.126. The van der Waals surface area contributed by atoms with E-state index in [9.17, 15) is 9.59 Å². The van der Waals surface area contributed by atoms with E-state index in [4.69, 9.17) is 0 Å². The van der Waals surface area contributed by atoms with Crippen molar-refractivity contribution in [3.63, 3.8) is 0 Å². The van der Waals surface area contributed by atoms with Gasteiger partial charge in [0.2, 0.25) is 11.8 Å². The zero-order valence-corrected chi connectivity index (χ0v) is 14.9. The van der Waals surface area contributed by atoms with Gasteiger partial charge in [-0.1, -0.05) is 0 Å². The van der Waals surface area contributed by atoms with Crippen LogP contribution in [0.5, 0.6) is 0 Å². The number of hydrogen-bond acceptors (Lipinski definition) is 4. The van der Waals surface area contributed by atoms with E-state index in [2.05, 4.69) is 10.6 Å². The molecule has 6 heteroatoms. The lowest BCUT2D eigenvalue weighted by atomic mass is 9.99. The fraction of sp³-hybridized carbons (Fsp3) is 0.556. The van der Waals surface area contributed by atoms with Crippen molar-refractivity contribution in [1.29, 1.82) is 0 Å². The Labute approximate surface area is 147 Å². The van der Waals surface area contributed by atoms with Crippen LogP contribution >= 0.6 is 11.8 Å². The van der Waals surface area contributed by atoms with Gasteiger partial charge in [0.1, 0.15) is 0 Å². The number of thioether (sulfide) groups is 1. The molecule has 2 aliphatic rings. The third kappa shape index (κ3) is 4.11. The number of carbonyl (C=O) groups excluding carboxylic acids is 2. The molecule has 1 aromatic carbocycles. The van der Waals surface area contributed by atoms with E-state index < -0.39 is 0 Å². The van der Waals surface area contributed by atoms with E-state index >= 15 is 0 Å². The van der Waals surface area contributed by atoms with Crippen molar-refractivity contribution >= 4 is 29.3 Å². The van der Waals surface area contributed by atoms with Crippen LogP contribution in [-0.4, -0.2) is 44.2 Å². The summed E-state index contributed by atoms with van der Waals surface area (Å²) in [5.41, 5.74) is 0.879. The summed E-state index contributed by atoms with van der Waals surface area (Å²) in [6.07, 6.45) is 4.66. The standard InChI is InChI=1S/C18H25N3O2S/c1-24-16-6-4-15(5-7-16)21-12-14(9-17(21)22)18(23)20-11-13-3-2-8-19-10-13/h4-7,13-14,19H,2-3,8-12H2,1H3,(H,20,23). The first-order valence-electron chi connectivity index (χ1n) is 8.60. The van der Waals surface area contributed by atoms with Crippen molar-refractivity contribution in [2.45, 2.75) is 24.2 Å². The van der Waals surface area contributed by atoms with Crippen molar-refractivity contribution in [3.8, 4) is 0 Å². The van der Waals surface area contributed by atoms with Gasteiger partial charge >= 0.3 is 0 Å². The van der Waals surface area contributed by atoms with E-state index in [0.29, 0.717) is 25.4 Å². The maximum atomic E-state index is 12.4. The van der Waals surface area contributed by atoms with Crippen LogP contribution in [0.1, 0.15) is 19.3 Å². The van der Waals surface area contributed by atoms with E-state index in [1.807, 2.05) is 30.5 Å². The molecule has 3 rings (SSSR count). The fourth-order valence-corrected chi connectivity index (χ4v) is 3.79. The van der Waals surface area contributed by atoms with Crippen LogP contribution in [-0.2, 0) is 9.59 Å². The topological polar surface area (TPSA) is 61.4 Å². The Balaban J connectivity index is 1.54. The Bertz CT molecular complexity index is 584. The first-order chi connectivity index (χ1) is 11.7. The predicted molar refractivity (Wildman–Crippen MR) is 97.3 cm³/mol. The molecule has 2 atom stereocenters. The highest BCUT2D eigenvalue weighted by molar-refractivity contribution is 7.98. The van der Waals surface area contributed by atoms with Crippen LogP contribution in [0.4, 0.5) is 5.69 Å². The molecular weight excluding hydrogens is 322 g/mol. The molecule has 2 heterocycles. The van der Waals surface area contributed by atoms with Crippen molar-refractivity contribution in [3.05, 3.63) is 24.3 Å². The molecule has 0 aliphatic carbocycles. The molecule has 130 valence electrons. The zero-order chi connectivity index (χ0) is 16.9. The zero-order valence-electron chi connectivity index (χ0n) is 14.1. The molecule has 2 N–H and O–H groups in total. The highest BCUT2D eigenvalue weighted by atomic mass is 32.2. The summed E-state index contributed by atoms with van der Waals surface area (Å²) in [5, 5.41) is 6.40. The molecule has 5 nitrogen and oxygen atoms in total. The summed E-state index contributed by atoms with van der Waals surface area (Å²) in [6, 6.07) is 7.93. The van der Waals surface area contributed by atoms with Crippen molar-refractivity contribution in [2.24, 2.45) is 11.8 Å². The first-order valence-corrected chi connectivity index (χ1v) is 9.82. The molecule has 2 saturated heterocycles. The summed E-state index contributed by atoms with van der Waals surface area (Å²) < 4.78 is 0. The number of hydrogen-bond donors (Lipinski definition) is 2. The highest BCUT2D eigenvalue weighted by Crippen LogP contribution is 2.27. The second-order valence-electron chi connectivity index (χ2n) is 6.56. The number of nitrogens with zero attached hydrogens (tertiary/aromatic N) is 1. The Morgan fingerprint density at radius 2 is 2.17 bits per heavy atom. The second kappa shape index (κ2) is 8.03. The molecule has 0 bridgehead atoms. The van der Waals surface area contributed by atoms with Crippen molar-refractivity contribution in [1.82, 2.24) is 10.6 Å². The minimum absolute atomic E-state index is 0.0113.